The molecule has 0 spiro atoms. The summed E-state index contributed by atoms with van der Waals surface area (Å²) in [6, 6.07) is 7.47. The lowest BCUT2D eigenvalue weighted by Crippen LogP contribution is -2.41. The molecule has 1 unspecified atom stereocenters. The van der Waals surface area contributed by atoms with Gasteiger partial charge in [-0.25, -0.2) is 0 Å². The molecule has 22 heavy (non-hydrogen) atoms. The zero-order valence-corrected chi connectivity index (χ0v) is 12.6. The maximum absolute atomic E-state index is 11.9. The average molecular weight is 302 g/mol. The van der Waals surface area contributed by atoms with Gasteiger partial charge in [0.15, 0.2) is 0 Å². The van der Waals surface area contributed by atoms with Gasteiger partial charge in [-0.15, -0.1) is 0 Å². The fraction of sp³-hybridized carbons (Fsp3) is 0.529. The Morgan fingerprint density at radius 2 is 1.91 bits per heavy atom. The van der Waals surface area contributed by atoms with E-state index in [4.69, 9.17) is 4.74 Å². The molecule has 1 saturated heterocycles. The summed E-state index contributed by atoms with van der Waals surface area (Å²) < 4.78 is 5.91. The molecular weight excluding hydrogens is 280 g/mol. The van der Waals surface area contributed by atoms with E-state index in [9.17, 15) is 9.59 Å². The monoisotopic (exact) mass is 302 g/mol. The Kier molecular flexibility index (Phi) is 4.61. The van der Waals surface area contributed by atoms with Crippen LogP contribution in [-0.4, -0.2) is 24.0 Å². The van der Waals surface area contributed by atoms with Crippen molar-refractivity contribution in [3.63, 3.8) is 0 Å². The van der Waals surface area contributed by atoms with Gasteiger partial charge in [0.1, 0.15) is 11.8 Å². The molecule has 1 saturated carbocycles. The summed E-state index contributed by atoms with van der Waals surface area (Å²) in [4.78, 5) is 23.0. The predicted molar refractivity (Wildman–Crippen MR) is 82.3 cm³/mol. The number of benzene rings is 1. The normalized spacial score (nSPS) is 21.6. The molecule has 1 aromatic rings. The Balaban J connectivity index is 1.46. The van der Waals surface area contributed by atoms with E-state index in [1.807, 2.05) is 24.3 Å². The van der Waals surface area contributed by atoms with Gasteiger partial charge in [-0.3, -0.25) is 9.59 Å². The topological polar surface area (TPSA) is 67.4 Å². The SMILES string of the molecule is O=C1CCC(C(=O)NCc2ccc(OC3CCCC3)cc2)N1. The average Bonchev–Trinajstić information content (AvgIpc) is 3.18. The molecule has 2 fully saturated rings. The number of nitrogens with one attached hydrogen (secondary N) is 2. The fourth-order valence-corrected chi connectivity index (χ4v) is 3.01. The maximum Gasteiger partial charge on any atom is 0.242 e. The molecular formula is C17H22N2O3. The van der Waals surface area contributed by atoms with Crippen molar-refractivity contribution in [1.82, 2.24) is 10.6 Å². The number of hydrogen-bond acceptors (Lipinski definition) is 3. The highest BCUT2D eigenvalue weighted by molar-refractivity contribution is 5.90. The van der Waals surface area contributed by atoms with Crippen molar-refractivity contribution in [2.45, 2.75) is 57.2 Å². The van der Waals surface area contributed by atoms with Crippen LogP contribution in [0.2, 0.25) is 0 Å². The van der Waals surface area contributed by atoms with Gasteiger partial charge in [0.25, 0.3) is 0 Å². The van der Waals surface area contributed by atoms with Gasteiger partial charge in [-0.05, 0) is 49.8 Å². The summed E-state index contributed by atoms with van der Waals surface area (Å²) in [7, 11) is 0. The number of hydrogen-bond donors (Lipinski definition) is 2. The van der Waals surface area contributed by atoms with Crippen LogP contribution in [0.15, 0.2) is 24.3 Å². The van der Waals surface area contributed by atoms with Crippen molar-refractivity contribution in [2.75, 3.05) is 0 Å². The summed E-state index contributed by atoms with van der Waals surface area (Å²) in [5.41, 5.74) is 1.02. The third-order valence-corrected chi connectivity index (χ3v) is 4.31. The molecule has 1 aromatic carbocycles. The number of carbonyl (C=O) groups excluding carboxylic acids is 2. The second-order valence-corrected chi connectivity index (χ2v) is 6.04. The molecule has 1 heterocycles. The summed E-state index contributed by atoms with van der Waals surface area (Å²) in [6.07, 6.45) is 6.18. The van der Waals surface area contributed by atoms with E-state index < -0.39 is 0 Å². The highest BCUT2D eigenvalue weighted by Gasteiger charge is 2.26. The Morgan fingerprint density at radius 3 is 2.55 bits per heavy atom. The van der Waals surface area contributed by atoms with Gasteiger partial charge < -0.3 is 15.4 Å². The van der Waals surface area contributed by atoms with Gasteiger partial charge in [0.2, 0.25) is 11.8 Å². The van der Waals surface area contributed by atoms with Crippen molar-refractivity contribution < 1.29 is 14.3 Å². The molecule has 5 heteroatoms. The summed E-state index contributed by atoms with van der Waals surface area (Å²) in [5, 5.41) is 5.53. The fourth-order valence-electron chi connectivity index (χ4n) is 3.01. The predicted octanol–water partition coefficient (Wildman–Crippen LogP) is 1.90. The molecule has 1 aliphatic heterocycles. The van der Waals surface area contributed by atoms with Crippen molar-refractivity contribution in [2.24, 2.45) is 0 Å². The van der Waals surface area contributed by atoms with Crippen molar-refractivity contribution >= 4 is 11.8 Å². The lowest BCUT2D eigenvalue weighted by Gasteiger charge is -2.14. The third-order valence-electron chi connectivity index (χ3n) is 4.31. The molecule has 1 aliphatic carbocycles. The first-order chi connectivity index (χ1) is 10.7. The van der Waals surface area contributed by atoms with Crippen LogP contribution < -0.4 is 15.4 Å². The third kappa shape index (κ3) is 3.78. The number of ether oxygens (including phenoxy) is 1. The second kappa shape index (κ2) is 6.81. The van der Waals surface area contributed by atoms with Crippen molar-refractivity contribution in [3.05, 3.63) is 29.8 Å². The Hall–Kier alpha value is -2.04. The lowest BCUT2D eigenvalue weighted by atomic mass is 10.2. The molecule has 118 valence electrons. The van der Waals surface area contributed by atoms with Crippen LogP contribution in [0.1, 0.15) is 44.1 Å². The molecule has 0 bridgehead atoms. The standard InChI is InChI=1S/C17H22N2O3/c20-16-10-9-15(19-16)17(21)18-11-12-5-7-14(8-6-12)22-13-3-1-2-4-13/h5-8,13,15H,1-4,9-11H2,(H,18,21)(H,19,20). The van der Waals surface area contributed by atoms with E-state index in [-0.39, 0.29) is 17.9 Å². The van der Waals surface area contributed by atoms with E-state index >= 15 is 0 Å². The number of carbonyl (C=O) groups is 2. The largest absolute Gasteiger partial charge is 0.490 e. The second-order valence-electron chi connectivity index (χ2n) is 6.04. The zero-order chi connectivity index (χ0) is 15.4. The first kappa shape index (κ1) is 14.9. The Bertz CT molecular complexity index is 535. The van der Waals surface area contributed by atoms with Crippen LogP contribution in [0.25, 0.3) is 0 Å². The molecule has 5 nitrogen and oxygen atoms in total. The molecule has 3 rings (SSSR count). The van der Waals surface area contributed by atoms with Crippen LogP contribution in [-0.2, 0) is 16.1 Å². The molecule has 1 atom stereocenters. The van der Waals surface area contributed by atoms with Crippen molar-refractivity contribution in [3.8, 4) is 5.75 Å². The van der Waals surface area contributed by atoms with Crippen LogP contribution in [0.3, 0.4) is 0 Å². The smallest absolute Gasteiger partial charge is 0.242 e. The van der Waals surface area contributed by atoms with Crippen LogP contribution in [0.4, 0.5) is 0 Å². The van der Waals surface area contributed by atoms with Gasteiger partial charge in [-0.1, -0.05) is 12.1 Å². The van der Waals surface area contributed by atoms with Crippen LogP contribution >= 0.6 is 0 Å². The van der Waals surface area contributed by atoms with Crippen molar-refractivity contribution in [1.29, 1.82) is 0 Å². The lowest BCUT2D eigenvalue weighted by molar-refractivity contribution is -0.125. The number of rotatable bonds is 5. The maximum atomic E-state index is 11.9. The molecule has 0 radical (unpaired) electrons. The molecule has 0 aromatic heterocycles. The number of amides is 2. The summed E-state index contributed by atoms with van der Waals surface area (Å²) in [5.74, 6) is 0.732. The Morgan fingerprint density at radius 1 is 1.18 bits per heavy atom. The Labute approximate surface area is 130 Å². The summed E-state index contributed by atoms with van der Waals surface area (Å²) >= 11 is 0. The molecule has 2 N–H and O–H groups in total. The van der Waals surface area contributed by atoms with E-state index in [1.54, 1.807) is 0 Å². The molecule has 2 amide bonds. The minimum Gasteiger partial charge on any atom is -0.490 e. The zero-order valence-electron chi connectivity index (χ0n) is 12.6. The highest BCUT2D eigenvalue weighted by atomic mass is 16.5. The van der Waals surface area contributed by atoms with E-state index in [0.29, 0.717) is 25.5 Å². The van der Waals surface area contributed by atoms with Crippen LogP contribution in [0.5, 0.6) is 5.75 Å². The highest BCUT2D eigenvalue weighted by Crippen LogP contribution is 2.24. The first-order valence-electron chi connectivity index (χ1n) is 8.03. The van der Waals surface area contributed by atoms with Gasteiger partial charge in [0.05, 0.1) is 6.10 Å². The summed E-state index contributed by atoms with van der Waals surface area (Å²) in [6.45, 7) is 0.467. The van der Waals surface area contributed by atoms with E-state index in [0.717, 1.165) is 24.2 Å². The minimum atomic E-state index is -0.377. The van der Waals surface area contributed by atoms with Gasteiger partial charge >= 0.3 is 0 Å². The molecule has 2 aliphatic rings. The van der Waals surface area contributed by atoms with E-state index in [1.165, 1.54) is 12.8 Å². The quantitative estimate of drug-likeness (QED) is 0.873. The van der Waals surface area contributed by atoms with Crippen LogP contribution in [0, 0.1) is 0 Å². The first-order valence-corrected chi connectivity index (χ1v) is 8.03. The minimum absolute atomic E-state index is 0.0476. The van der Waals surface area contributed by atoms with Gasteiger partial charge in [-0.2, -0.15) is 0 Å². The van der Waals surface area contributed by atoms with E-state index in [2.05, 4.69) is 10.6 Å². The van der Waals surface area contributed by atoms with Gasteiger partial charge in [0, 0.05) is 13.0 Å².